The fourth-order valence-electron chi connectivity index (χ4n) is 2.34. The summed E-state index contributed by atoms with van der Waals surface area (Å²) in [6.45, 7) is 0. The van der Waals surface area contributed by atoms with Crippen LogP contribution in [0.1, 0.15) is 17.2 Å². The van der Waals surface area contributed by atoms with Gasteiger partial charge in [0.05, 0.1) is 18.0 Å². The van der Waals surface area contributed by atoms with Gasteiger partial charge in [0.2, 0.25) is 0 Å². The fourth-order valence-corrected chi connectivity index (χ4v) is 2.34. The van der Waals surface area contributed by atoms with Crippen LogP contribution < -0.4 is 0 Å². The molecule has 0 saturated carbocycles. The maximum Gasteiger partial charge on any atom is 0.123 e. The average molecular weight is 282 g/mol. The average Bonchev–Trinajstić information content (AvgIpc) is 2.98. The third-order valence-corrected chi connectivity index (χ3v) is 3.43. The van der Waals surface area contributed by atoms with Gasteiger partial charge in [-0.3, -0.25) is 5.10 Å². The number of nitrogens with zero attached hydrogens (tertiary/aromatic N) is 1. The minimum absolute atomic E-state index is 0.287. The molecule has 2 N–H and O–H groups in total. The van der Waals surface area contributed by atoms with Crippen LogP contribution in [0.3, 0.4) is 0 Å². The number of aromatic amines is 1. The Hall–Kier alpha value is -2.46. The molecule has 1 unspecified atom stereocenters. The number of benzene rings is 2. The molecular formula is C17H15FN2O. The van der Waals surface area contributed by atoms with Gasteiger partial charge in [-0.1, -0.05) is 30.3 Å². The summed E-state index contributed by atoms with van der Waals surface area (Å²) in [6.07, 6.45) is 1.46. The molecule has 1 atom stereocenters. The Morgan fingerprint density at radius 2 is 1.76 bits per heavy atom. The van der Waals surface area contributed by atoms with Crippen LogP contribution in [-0.4, -0.2) is 15.3 Å². The van der Waals surface area contributed by atoms with Gasteiger partial charge in [0.1, 0.15) is 5.82 Å². The molecule has 0 radical (unpaired) electrons. The number of halogens is 1. The van der Waals surface area contributed by atoms with Gasteiger partial charge in [-0.15, -0.1) is 0 Å². The summed E-state index contributed by atoms with van der Waals surface area (Å²) in [5, 5.41) is 17.3. The van der Waals surface area contributed by atoms with Gasteiger partial charge < -0.3 is 5.11 Å². The van der Waals surface area contributed by atoms with Crippen LogP contribution in [-0.2, 0) is 6.42 Å². The monoisotopic (exact) mass is 282 g/mol. The smallest absolute Gasteiger partial charge is 0.123 e. The summed E-state index contributed by atoms with van der Waals surface area (Å²) < 4.78 is 13.0. The molecule has 0 aliphatic carbocycles. The van der Waals surface area contributed by atoms with Crippen molar-refractivity contribution in [2.75, 3.05) is 0 Å². The van der Waals surface area contributed by atoms with E-state index < -0.39 is 6.10 Å². The van der Waals surface area contributed by atoms with E-state index in [0.717, 1.165) is 16.8 Å². The Morgan fingerprint density at radius 1 is 1.05 bits per heavy atom. The van der Waals surface area contributed by atoms with Crippen molar-refractivity contribution in [2.45, 2.75) is 12.5 Å². The first-order chi connectivity index (χ1) is 10.2. The maximum absolute atomic E-state index is 13.0. The standard InChI is InChI=1S/C17H15FN2O/c18-14-8-6-13(7-9-14)17-15(11-19-20-17)16(21)10-12-4-2-1-3-5-12/h1-9,11,16,21H,10H2,(H,19,20). The number of H-pyrrole nitrogens is 1. The van der Waals surface area contributed by atoms with E-state index in [4.69, 9.17) is 0 Å². The van der Waals surface area contributed by atoms with Gasteiger partial charge in [0.25, 0.3) is 0 Å². The zero-order valence-corrected chi connectivity index (χ0v) is 11.3. The molecule has 2 aromatic carbocycles. The molecular weight excluding hydrogens is 267 g/mol. The zero-order chi connectivity index (χ0) is 14.7. The molecule has 106 valence electrons. The summed E-state index contributed by atoms with van der Waals surface area (Å²) >= 11 is 0. The molecule has 0 bridgehead atoms. The Bertz CT molecular complexity index is 707. The van der Waals surface area contributed by atoms with Crippen LogP contribution in [0.15, 0.2) is 60.8 Å². The highest BCUT2D eigenvalue weighted by Crippen LogP contribution is 2.28. The van der Waals surface area contributed by atoms with E-state index in [9.17, 15) is 9.50 Å². The second kappa shape index (κ2) is 5.89. The second-order valence-electron chi connectivity index (χ2n) is 4.91. The van der Waals surface area contributed by atoms with Gasteiger partial charge in [0.15, 0.2) is 0 Å². The van der Waals surface area contributed by atoms with Gasteiger partial charge in [-0.2, -0.15) is 5.10 Å². The summed E-state index contributed by atoms with van der Waals surface area (Å²) in [5.41, 5.74) is 3.29. The summed E-state index contributed by atoms with van der Waals surface area (Å²) in [6, 6.07) is 15.9. The molecule has 21 heavy (non-hydrogen) atoms. The molecule has 3 aromatic rings. The Balaban J connectivity index is 1.86. The molecule has 0 aliphatic heterocycles. The predicted octanol–water partition coefficient (Wildman–Crippen LogP) is 3.49. The van der Waals surface area contributed by atoms with Crippen molar-refractivity contribution in [3.8, 4) is 11.3 Å². The number of nitrogens with one attached hydrogen (secondary N) is 1. The lowest BCUT2D eigenvalue weighted by molar-refractivity contribution is 0.179. The van der Waals surface area contributed by atoms with Crippen LogP contribution in [0, 0.1) is 5.82 Å². The minimum atomic E-state index is -0.661. The van der Waals surface area contributed by atoms with Crippen molar-refractivity contribution in [3.05, 3.63) is 77.7 Å². The van der Waals surface area contributed by atoms with Crippen LogP contribution in [0.2, 0.25) is 0 Å². The van der Waals surface area contributed by atoms with Crippen molar-refractivity contribution in [3.63, 3.8) is 0 Å². The largest absolute Gasteiger partial charge is 0.388 e. The molecule has 0 saturated heterocycles. The quantitative estimate of drug-likeness (QED) is 0.769. The first kappa shape index (κ1) is 13.5. The number of hydrogen-bond donors (Lipinski definition) is 2. The number of aliphatic hydroxyl groups is 1. The molecule has 0 amide bonds. The van der Waals surface area contributed by atoms with E-state index in [0.29, 0.717) is 12.0 Å². The predicted molar refractivity (Wildman–Crippen MR) is 79.1 cm³/mol. The molecule has 1 aromatic heterocycles. The van der Waals surface area contributed by atoms with Crippen molar-refractivity contribution < 1.29 is 9.50 Å². The molecule has 1 heterocycles. The summed E-state index contributed by atoms with van der Waals surface area (Å²) in [4.78, 5) is 0. The van der Waals surface area contributed by atoms with Gasteiger partial charge in [-0.05, 0) is 29.8 Å². The lowest BCUT2D eigenvalue weighted by atomic mass is 9.99. The van der Waals surface area contributed by atoms with Crippen LogP contribution in [0.4, 0.5) is 4.39 Å². The normalized spacial score (nSPS) is 12.3. The molecule has 0 spiro atoms. The SMILES string of the molecule is OC(Cc1ccccc1)c1cn[nH]c1-c1ccc(F)cc1. The van der Waals surface area contributed by atoms with Crippen LogP contribution >= 0.6 is 0 Å². The number of rotatable bonds is 4. The lowest BCUT2D eigenvalue weighted by Crippen LogP contribution is -2.02. The van der Waals surface area contributed by atoms with Crippen LogP contribution in [0.25, 0.3) is 11.3 Å². The number of aromatic nitrogens is 2. The second-order valence-corrected chi connectivity index (χ2v) is 4.91. The van der Waals surface area contributed by atoms with E-state index in [2.05, 4.69) is 10.2 Å². The molecule has 0 fully saturated rings. The first-order valence-corrected chi connectivity index (χ1v) is 6.75. The topological polar surface area (TPSA) is 48.9 Å². The van der Waals surface area contributed by atoms with E-state index in [1.807, 2.05) is 30.3 Å². The number of aliphatic hydroxyl groups excluding tert-OH is 1. The van der Waals surface area contributed by atoms with Gasteiger partial charge in [-0.25, -0.2) is 4.39 Å². The van der Waals surface area contributed by atoms with Crippen LogP contribution in [0.5, 0.6) is 0 Å². The third kappa shape index (κ3) is 3.01. The third-order valence-electron chi connectivity index (χ3n) is 3.43. The highest BCUT2D eigenvalue weighted by Gasteiger charge is 2.16. The molecule has 4 heteroatoms. The zero-order valence-electron chi connectivity index (χ0n) is 11.3. The highest BCUT2D eigenvalue weighted by molar-refractivity contribution is 5.63. The van der Waals surface area contributed by atoms with E-state index in [1.165, 1.54) is 12.1 Å². The summed E-state index contributed by atoms with van der Waals surface area (Å²) in [5.74, 6) is -0.287. The Kier molecular flexibility index (Phi) is 3.79. The minimum Gasteiger partial charge on any atom is -0.388 e. The van der Waals surface area contributed by atoms with Crippen molar-refractivity contribution in [1.82, 2.24) is 10.2 Å². The lowest BCUT2D eigenvalue weighted by Gasteiger charge is -2.11. The Labute approximate surface area is 122 Å². The summed E-state index contributed by atoms with van der Waals surface area (Å²) in [7, 11) is 0. The van der Waals surface area contributed by atoms with E-state index in [-0.39, 0.29) is 5.82 Å². The van der Waals surface area contributed by atoms with Crippen molar-refractivity contribution in [2.24, 2.45) is 0 Å². The maximum atomic E-state index is 13.0. The van der Waals surface area contributed by atoms with Gasteiger partial charge >= 0.3 is 0 Å². The van der Waals surface area contributed by atoms with Crippen molar-refractivity contribution >= 4 is 0 Å². The van der Waals surface area contributed by atoms with Gasteiger partial charge in [0, 0.05) is 17.5 Å². The Morgan fingerprint density at radius 3 is 2.48 bits per heavy atom. The number of hydrogen-bond acceptors (Lipinski definition) is 2. The fraction of sp³-hybridized carbons (Fsp3) is 0.118. The molecule has 3 rings (SSSR count). The highest BCUT2D eigenvalue weighted by atomic mass is 19.1. The van der Waals surface area contributed by atoms with Crippen molar-refractivity contribution in [1.29, 1.82) is 0 Å². The molecule has 3 nitrogen and oxygen atoms in total. The molecule has 0 aliphatic rings. The van der Waals surface area contributed by atoms with E-state index >= 15 is 0 Å². The first-order valence-electron chi connectivity index (χ1n) is 6.75. The van der Waals surface area contributed by atoms with E-state index in [1.54, 1.807) is 18.3 Å².